The van der Waals surface area contributed by atoms with Gasteiger partial charge in [-0.25, -0.2) is 9.18 Å². The third-order valence-corrected chi connectivity index (χ3v) is 4.12. The number of aromatic nitrogens is 1. The number of halogens is 1. The average molecular weight is 314 g/mol. The van der Waals surface area contributed by atoms with E-state index in [1.807, 2.05) is 0 Å². The van der Waals surface area contributed by atoms with Gasteiger partial charge in [0.05, 0.1) is 16.8 Å². The fourth-order valence-electron chi connectivity index (χ4n) is 2.94. The van der Waals surface area contributed by atoms with Crippen LogP contribution in [0.2, 0.25) is 0 Å². The van der Waals surface area contributed by atoms with Crippen LogP contribution in [0.3, 0.4) is 0 Å². The minimum atomic E-state index is -1.03. The van der Waals surface area contributed by atoms with Crippen LogP contribution in [-0.4, -0.2) is 29.0 Å². The first kappa shape index (κ1) is 15.0. The molecule has 118 valence electrons. The van der Waals surface area contributed by atoms with Crippen LogP contribution in [0.25, 0.3) is 11.6 Å². The topological polar surface area (TPSA) is 73.4 Å². The third kappa shape index (κ3) is 2.23. The van der Waals surface area contributed by atoms with Crippen LogP contribution in [0, 0.1) is 19.7 Å². The van der Waals surface area contributed by atoms with Crippen molar-refractivity contribution in [3.05, 3.63) is 52.1 Å². The second-order valence-corrected chi connectivity index (χ2v) is 5.55. The first-order chi connectivity index (χ1) is 10.8. The SMILES string of the molecule is Cc1[nH]c(/C=C2\C(=O)N(C)c3ccc(F)cc32)c(C)c1C(=O)O. The molecule has 6 heteroatoms. The molecule has 0 saturated heterocycles. The number of fused-ring (bicyclic) bond motifs is 1. The number of carboxylic acids is 1. The quantitative estimate of drug-likeness (QED) is 0.837. The van der Waals surface area contributed by atoms with Gasteiger partial charge in [0, 0.05) is 24.0 Å². The first-order valence-electron chi connectivity index (χ1n) is 7.03. The molecule has 0 atom stereocenters. The number of aryl methyl sites for hydroxylation is 1. The maximum Gasteiger partial charge on any atom is 0.337 e. The number of carbonyl (C=O) groups excluding carboxylic acids is 1. The van der Waals surface area contributed by atoms with Crippen molar-refractivity contribution >= 4 is 29.2 Å². The molecule has 0 aliphatic carbocycles. The van der Waals surface area contributed by atoms with Crippen LogP contribution >= 0.6 is 0 Å². The Balaban J connectivity index is 2.18. The van der Waals surface area contributed by atoms with Crippen LogP contribution in [0.4, 0.5) is 10.1 Å². The highest BCUT2D eigenvalue weighted by Gasteiger charge is 2.30. The summed E-state index contributed by atoms with van der Waals surface area (Å²) in [5.41, 5.74) is 3.25. The van der Waals surface area contributed by atoms with E-state index in [1.165, 1.54) is 17.0 Å². The van der Waals surface area contributed by atoms with Crippen molar-refractivity contribution in [3.63, 3.8) is 0 Å². The van der Waals surface area contributed by atoms with E-state index in [4.69, 9.17) is 0 Å². The Bertz CT molecular complexity index is 880. The normalized spacial score (nSPS) is 15.4. The summed E-state index contributed by atoms with van der Waals surface area (Å²) in [4.78, 5) is 28.1. The van der Waals surface area contributed by atoms with Gasteiger partial charge in [0.15, 0.2) is 0 Å². The number of hydrogen-bond donors (Lipinski definition) is 2. The van der Waals surface area contributed by atoms with Crippen molar-refractivity contribution in [2.45, 2.75) is 13.8 Å². The van der Waals surface area contributed by atoms with Crippen molar-refractivity contribution in [3.8, 4) is 0 Å². The minimum Gasteiger partial charge on any atom is -0.478 e. The molecule has 0 fully saturated rings. The number of carboxylic acid groups (broad SMARTS) is 1. The number of rotatable bonds is 2. The summed E-state index contributed by atoms with van der Waals surface area (Å²) in [6.07, 6.45) is 1.58. The lowest BCUT2D eigenvalue weighted by Gasteiger charge is -2.08. The Morgan fingerprint density at radius 1 is 1.35 bits per heavy atom. The lowest BCUT2D eigenvalue weighted by molar-refractivity contribution is -0.112. The maximum atomic E-state index is 13.5. The number of nitrogens with one attached hydrogen (secondary N) is 1. The lowest BCUT2D eigenvalue weighted by atomic mass is 10.0. The van der Waals surface area contributed by atoms with Gasteiger partial charge in [0.1, 0.15) is 5.82 Å². The molecular formula is C17H15FN2O3. The Morgan fingerprint density at radius 3 is 2.65 bits per heavy atom. The molecule has 2 N–H and O–H groups in total. The van der Waals surface area contributed by atoms with Crippen LogP contribution in [-0.2, 0) is 4.79 Å². The van der Waals surface area contributed by atoms with Crippen molar-refractivity contribution in [2.24, 2.45) is 0 Å². The smallest absolute Gasteiger partial charge is 0.337 e. The van der Waals surface area contributed by atoms with E-state index in [1.54, 1.807) is 33.0 Å². The molecule has 1 aromatic heterocycles. The van der Waals surface area contributed by atoms with E-state index in [9.17, 15) is 19.1 Å². The molecule has 1 aliphatic rings. The van der Waals surface area contributed by atoms with Crippen molar-refractivity contribution in [2.75, 3.05) is 11.9 Å². The average Bonchev–Trinajstić information content (AvgIpc) is 2.88. The molecule has 0 unspecified atom stereocenters. The van der Waals surface area contributed by atoms with Gasteiger partial charge in [-0.2, -0.15) is 0 Å². The number of carbonyl (C=O) groups is 2. The summed E-state index contributed by atoms with van der Waals surface area (Å²) in [5, 5.41) is 9.24. The van der Waals surface area contributed by atoms with Gasteiger partial charge in [-0.05, 0) is 43.7 Å². The molecular weight excluding hydrogens is 299 g/mol. The minimum absolute atomic E-state index is 0.190. The monoisotopic (exact) mass is 314 g/mol. The van der Waals surface area contributed by atoms with Gasteiger partial charge >= 0.3 is 5.97 Å². The molecule has 0 saturated carbocycles. The number of amides is 1. The summed E-state index contributed by atoms with van der Waals surface area (Å²) < 4.78 is 13.5. The van der Waals surface area contributed by atoms with Gasteiger partial charge in [0.2, 0.25) is 0 Å². The molecule has 5 nitrogen and oxygen atoms in total. The predicted octanol–water partition coefficient (Wildman–Crippen LogP) is 2.99. The molecule has 1 aromatic carbocycles. The Labute approximate surface area is 132 Å². The number of aromatic carboxylic acids is 1. The van der Waals surface area contributed by atoms with E-state index in [2.05, 4.69) is 4.98 Å². The molecule has 1 aliphatic heterocycles. The number of H-pyrrole nitrogens is 1. The zero-order chi connectivity index (χ0) is 16.9. The van der Waals surface area contributed by atoms with Gasteiger partial charge < -0.3 is 15.0 Å². The summed E-state index contributed by atoms with van der Waals surface area (Å²) in [6, 6.07) is 4.17. The van der Waals surface area contributed by atoms with Crippen LogP contribution in [0.5, 0.6) is 0 Å². The van der Waals surface area contributed by atoms with Crippen molar-refractivity contribution in [1.29, 1.82) is 0 Å². The fourth-order valence-corrected chi connectivity index (χ4v) is 2.94. The summed E-state index contributed by atoms with van der Waals surface area (Å²) in [5.74, 6) is -1.71. The molecule has 1 amide bonds. The largest absolute Gasteiger partial charge is 0.478 e. The zero-order valence-electron chi connectivity index (χ0n) is 12.9. The number of aromatic amines is 1. The highest BCUT2D eigenvalue weighted by Crippen LogP contribution is 2.37. The lowest BCUT2D eigenvalue weighted by Crippen LogP contribution is -2.20. The van der Waals surface area contributed by atoms with E-state index in [-0.39, 0.29) is 11.5 Å². The summed E-state index contributed by atoms with van der Waals surface area (Å²) in [7, 11) is 1.62. The van der Waals surface area contributed by atoms with E-state index in [0.717, 1.165) is 0 Å². The van der Waals surface area contributed by atoms with Gasteiger partial charge in [0.25, 0.3) is 5.91 Å². The molecule has 23 heavy (non-hydrogen) atoms. The molecule has 3 rings (SSSR count). The van der Waals surface area contributed by atoms with Crippen LogP contribution < -0.4 is 4.90 Å². The fraction of sp³-hybridized carbons (Fsp3) is 0.176. The van der Waals surface area contributed by atoms with Gasteiger partial charge in [-0.15, -0.1) is 0 Å². The number of anilines is 1. The number of nitrogens with zero attached hydrogens (tertiary/aromatic N) is 1. The number of hydrogen-bond acceptors (Lipinski definition) is 2. The zero-order valence-corrected chi connectivity index (χ0v) is 12.9. The third-order valence-electron chi connectivity index (χ3n) is 4.12. The Kier molecular flexibility index (Phi) is 3.32. The number of likely N-dealkylation sites (N-methyl/N-ethyl adjacent to an activating group) is 1. The number of benzene rings is 1. The second kappa shape index (κ2) is 5.08. The van der Waals surface area contributed by atoms with Crippen LogP contribution in [0.1, 0.15) is 32.9 Å². The molecule has 2 heterocycles. The predicted molar refractivity (Wildman–Crippen MR) is 84.9 cm³/mol. The highest BCUT2D eigenvalue weighted by atomic mass is 19.1. The van der Waals surface area contributed by atoms with E-state index >= 15 is 0 Å². The molecule has 2 aromatic rings. The van der Waals surface area contributed by atoms with Crippen LogP contribution in [0.15, 0.2) is 18.2 Å². The van der Waals surface area contributed by atoms with Crippen molar-refractivity contribution in [1.82, 2.24) is 4.98 Å². The maximum absolute atomic E-state index is 13.5. The molecule has 0 spiro atoms. The Morgan fingerprint density at radius 2 is 2.04 bits per heavy atom. The highest BCUT2D eigenvalue weighted by molar-refractivity contribution is 6.35. The van der Waals surface area contributed by atoms with Gasteiger partial charge in [-0.3, -0.25) is 4.79 Å². The van der Waals surface area contributed by atoms with Gasteiger partial charge in [-0.1, -0.05) is 0 Å². The Hall–Kier alpha value is -2.89. The van der Waals surface area contributed by atoms with Crippen molar-refractivity contribution < 1.29 is 19.1 Å². The molecule has 0 bridgehead atoms. The standard InChI is InChI=1S/C17H15FN2O3/c1-8-13(19-9(2)15(8)17(22)23)7-12-11-6-10(18)4-5-14(11)20(3)16(12)21/h4-7,19H,1-3H3,(H,22,23)/b12-7-. The second-order valence-electron chi connectivity index (χ2n) is 5.55. The van der Waals surface area contributed by atoms with E-state index < -0.39 is 11.8 Å². The summed E-state index contributed by atoms with van der Waals surface area (Å²) >= 11 is 0. The summed E-state index contributed by atoms with van der Waals surface area (Å²) in [6.45, 7) is 3.34. The molecule has 0 radical (unpaired) electrons. The van der Waals surface area contributed by atoms with E-state index in [0.29, 0.717) is 33.8 Å². The first-order valence-corrected chi connectivity index (χ1v) is 7.03.